The maximum atomic E-state index is 11.4. The number of hydrogen-bond donors (Lipinski definition) is 3. The molecule has 2 rings (SSSR count). The summed E-state index contributed by atoms with van der Waals surface area (Å²) >= 11 is 0. The number of amides is 1. The summed E-state index contributed by atoms with van der Waals surface area (Å²) in [5.74, 6) is -0.0844. The van der Waals surface area contributed by atoms with Crippen LogP contribution in [-0.2, 0) is 6.54 Å². The van der Waals surface area contributed by atoms with Crippen molar-refractivity contribution in [2.24, 2.45) is 0 Å². The molecular formula is C15H17N3O. The van der Waals surface area contributed by atoms with E-state index in [4.69, 9.17) is 5.73 Å². The summed E-state index contributed by atoms with van der Waals surface area (Å²) < 4.78 is 0. The van der Waals surface area contributed by atoms with Gasteiger partial charge in [0.2, 0.25) is 0 Å². The number of carbonyl (C=O) groups excluding carboxylic acids is 1. The van der Waals surface area contributed by atoms with Crippen LogP contribution in [-0.4, -0.2) is 13.0 Å². The van der Waals surface area contributed by atoms with Crippen molar-refractivity contribution in [1.29, 1.82) is 0 Å². The van der Waals surface area contributed by atoms with Gasteiger partial charge in [-0.05, 0) is 35.9 Å². The van der Waals surface area contributed by atoms with Gasteiger partial charge >= 0.3 is 0 Å². The van der Waals surface area contributed by atoms with Gasteiger partial charge in [-0.1, -0.05) is 18.2 Å². The molecule has 0 aliphatic heterocycles. The topological polar surface area (TPSA) is 67.2 Å². The molecular weight excluding hydrogens is 238 g/mol. The van der Waals surface area contributed by atoms with E-state index in [2.05, 4.69) is 10.6 Å². The molecule has 4 heteroatoms. The van der Waals surface area contributed by atoms with Crippen molar-refractivity contribution in [2.45, 2.75) is 6.54 Å². The molecule has 2 aromatic carbocycles. The van der Waals surface area contributed by atoms with Gasteiger partial charge in [0.25, 0.3) is 5.91 Å². The maximum absolute atomic E-state index is 11.4. The highest BCUT2D eigenvalue weighted by atomic mass is 16.1. The van der Waals surface area contributed by atoms with Gasteiger partial charge < -0.3 is 16.4 Å². The average molecular weight is 255 g/mol. The Hall–Kier alpha value is -2.49. The first-order valence-electron chi connectivity index (χ1n) is 6.10. The first-order chi connectivity index (χ1) is 9.20. The molecule has 0 fully saturated rings. The van der Waals surface area contributed by atoms with Crippen molar-refractivity contribution in [1.82, 2.24) is 5.32 Å². The lowest BCUT2D eigenvalue weighted by Crippen LogP contribution is -2.17. The van der Waals surface area contributed by atoms with E-state index >= 15 is 0 Å². The summed E-state index contributed by atoms with van der Waals surface area (Å²) in [7, 11) is 1.62. The molecule has 0 saturated heterocycles. The Bertz CT molecular complexity index is 564. The highest BCUT2D eigenvalue weighted by Crippen LogP contribution is 2.14. The predicted molar refractivity (Wildman–Crippen MR) is 78.0 cm³/mol. The van der Waals surface area contributed by atoms with Crippen LogP contribution in [0.25, 0.3) is 0 Å². The molecule has 0 radical (unpaired) electrons. The molecule has 0 atom stereocenters. The van der Waals surface area contributed by atoms with E-state index in [-0.39, 0.29) is 5.91 Å². The van der Waals surface area contributed by atoms with Crippen LogP contribution in [0.15, 0.2) is 48.5 Å². The van der Waals surface area contributed by atoms with E-state index in [9.17, 15) is 4.79 Å². The molecule has 2 aromatic rings. The molecule has 0 aliphatic carbocycles. The fourth-order valence-electron chi connectivity index (χ4n) is 1.78. The summed E-state index contributed by atoms with van der Waals surface area (Å²) in [4.78, 5) is 11.4. The third-order valence-corrected chi connectivity index (χ3v) is 2.91. The van der Waals surface area contributed by atoms with Crippen molar-refractivity contribution in [2.75, 3.05) is 18.1 Å². The van der Waals surface area contributed by atoms with Crippen LogP contribution in [0.3, 0.4) is 0 Å². The number of hydrogen-bond acceptors (Lipinski definition) is 3. The molecule has 0 heterocycles. The Kier molecular flexibility index (Phi) is 4.03. The molecule has 4 nitrogen and oxygen atoms in total. The molecule has 0 bridgehead atoms. The molecule has 98 valence electrons. The lowest BCUT2D eigenvalue weighted by Gasteiger charge is -2.09. The normalized spacial score (nSPS) is 9.95. The number of benzene rings is 2. The Labute approximate surface area is 112 Å². The van der Waals surface area contributed by atoms with Crippen molar-refractivity contribution in [3.05, 3.63) is 59.7 Å². The Morgan fingerprint density at radius 3 is 2.42 bits per heavy atom. The lowest BCUT2D eigenvalue weighted by atomic mass is 10.1. The van der Waals surface area contributed by atoms with Gasteiger partial charge in [0.15, 0.2) is 0 Å². The summed E-state index contributed by atoms with van der Waals surface area (Å²) in [5.41, 5.74) is 9.30. The van der Waals surface area contributed by atoms with Crippen LogP contribution in [0.2, 0.25) is 0 Å². The number of para-hydroxylation sites is 1. The van der Waals surface area contributed by atoms with Gasteiger partial charge in [-0.2, -0.15) is 0 Å². The monoisotopic (exact) mass is 255 g/mol. The molecule has 0 aromatic heterocycles. The molecule has 0 unspecified atom stereocenters. The van der Waals surface area contributed by atoms with Crippen molar-refractivity contribution < 1.29 is 4.79 Å². The van der Waals surface area contributed by atoms with Gasteiger partial charge in [-0.15, -0.1) is 0 Å². The van der Waals surface area contributed by atoms with Crippen LogP contribution in [0, 0.1) is 0 Å². The Morgan fingerprint density at radius 2 is 1.79 bits per heavy atom. The van der Waals surface area contributed by atoms with Gasteiger partial charge in [-0.3, -0.25) is 4.79 Å². The quantitative estimate of drug-likeness (QED) is 0.734. The van der Waals surface area contributed by atoms with Crippen LogP contribution < -0.4 is 16.4 Å². The maximum Gasteiger partial charge on any atom is 0.251 e. The highest BCUT2D eigenvalue weighted by Gasteiger charge is 2.02. The van der Waals surface area contributed by atoms with Gasteiger partial charge in [0.05, 0.1) is 0 Å². The number of nitrogens with one attached hydrogen (secondary N) is 2. The predicted octanol–water partition coefficient (Wildman–Crippen LogP) is 2.24. The molecule has 1 amide bonds. The number of rotatable bonds is 4. The van der Waals surface area contributed by atoms with Crippen molar-refractivity contribution >= 4 is 17.3 Å². The van der Waals surface area contributed by atoms with Crippen LogP contribution in [0.1, 0.15) is 15.9 Å². The van der Waals surface area contributed by atoms with Gasteiger partial charge in [0, 0.05) is 30.5 Å². The van der Waals surface area contributed by atoms with E-state index < -0.39 is 0 Å². The standard InChI is InChI=1S/C15H17N3O/c1-17-15(19)11-6-8-13(9-7-11)18-10-12-4-2-3-5-14(12)16/h2-9,18H,10,16H2,1H3,(H,17,19). The van der Waals surface area contributed by atoms with Crippen molar-refractivity contribution in [3.63, 3.8) is 0 Å². The number of nitrogen functional groups attached to an aromatic ring is 1. The minimum absolute atomic E-state index is 0.0844. The summed E-state index contributed by atoms with van der Waals surface area (Å²) in [6.45, 7) is 0.659. The molecule has 19 heavy (non-hydrogen) atoms. The van der Waals surface area contributed by atoms with Gasteiger partial charge in [0.1, 0.15) is 0 Å². The molecule has 0 saturated carbocycles. The second-order valence-corrected chi connectivity index (χ2v) is 4.21. The average Bonchev–Trinajstić information content (AvgIpc) is 2.46. The fourth-order valence-corrected chi connectivity index (χ4v) is 1.78. The van der Waals surface area contributed by atoms with E-state index in [1.54, 1.807) is 19.2 Å². The van der Waals surface area contributed by atoms with E-state index in [1.807, 2.05) is 36.4 Å². The third-order valence-electron chi connectivity index (χ3n) is 2.91. The smallest absolute Gasteiger partial charge is 0.251 e. The first-order valence-corrected chi connectivity index (χ1v) is 6.10. The zero-order chi connectivity index (χ0) is 13.7. The second kappa shape index (κ2) is 5.91. The van der Waals surface area contributed by atoms with Crippen LogP contribution in [0.5, 0.6) is 0 Å². The Morgan fingerprint density at radius 1 is 1.11 bits per heavy atom. The minimum Gasteiger partial charge on any atom is -0.398 e. The summed E-state index contributed by atoms with van der Waals surface area (Å²) in [6, 6.07) is 15.1. The third kappa shape index (κ3) is 3.25. The molecule has 0 aliphatic rings. The molecule has 0 spiro atoms. The number of nitrogens with two attached hydrogens (primary N) is 1. The van der Waals surface area contributed by atoms with Crippen LogP contribution in [0.4, 0.5) is 11.4 Å². The Balaban J connectivity index is 2.01. The largest absolute Gasteiger partial charge is 0.398 e. The minimum atomic E-state index is -0.0844. The SMILES string of the molecule is CNC(=O)c1ccc(NCc2ccccc2N)cc1. The van der Waals surface area contributed by atoms with E-state index in [0.717, 1.165) is 16.9 Å². The molecule has 4 N–H and O–H groups in total. The van der Waals surface area contributed by atoms with Gasteiger partial charge in [-0.25, -0.2) is 0 Å². The summed E-state index contributed by atoms with van der Waals surface area (Å²) in [6.07, 6.45) is 0. The highest BCUT2D eigenvalue weighted by molar-refractivity contribution is 5.94. The fraction of sp³-hybridized carbons (Fsp3) is 0.133. The van der Waals surface area contributed by atoms with E-state index in [1.165, 1.54) is 0 Å². The first kappa shape index (κ1) is 13.0. The van der Waals surface area contributed by atoms with Crippen molar-refractivity contribution in [3.8, 4) is 0 Å². The van der Waals surface area contributed by atoms with E-state index in [0.29, 0.717) is 12.1 Å². The summed E-state index contributed by atoms with van der Waals surface area (Å²) in [5, 5.41) is 5.86. The number of anilines is 2. The number of carbonyl (C=O) groups is 1. The zero-order valence-corrected chi connectivity index (χ0v) is 10.8. The second-order valence-electron chi connectivity index (χ2n) is 4.21. The zero-order valence-electron chi connectivity index (χ0n) is 10.8. The van der Waals surface area contributed by atoms with Crippen LogP contribution >= 0.6 is 0 Å². The lowest BCUT2D eigenvalue weighted by molar-refractivity contribution is 0.0963.